The molecular weight excluding hydrogens is 489 g/mol. The van der Waals surface area contributed by atoms with E-state index in [1.807, 2.05) is 5.43 Å². The van der Waals surface area contributed by atoms with Crippen LogP contribution in [0.25, 0.3) is 0 Å². The fraction of sp³-hybridized carbons (Fsp3) is 0.0909. The fourth-order valence-electron chi connectivity index (χ4n) is 3.06. The van der Waals surface area contributed by atoms with E-state index in [9.17, 15) is 36.5 Å². The molecule has 3 rings (SSSR count). The highest BCUT2D eigenvalue weighted by Gasteiger charge is 2.33. The predicted octanol–water partition coefficient (Wildman–Crippen LogP) is 3.96. The Labute approximate surface area is 197 Å². The Morgan fingerprint density at radius 3 is 2.26 bits per heavy atom. The first-order valence-corrected chi connectivity index (χ1v) is 11.2. The van der Waals surface area contributed by atoms with Crippen molar-refractivity contribution in [2.45, 2.75) is 11.1 Å². The minimum atomic E-state index is -4.65. The largest absolute Gasteiger partial charge is 0.417 e. The standard InChI is InChI=1S/C22H17F3N4O5S/c23-22(24,25)18-11-5-4-8-16(18)14-26-27-21(30)15-28(19-12-6-7-13-20(19)29(31)32)35(33,34)17-9-2-1-3-10-17/h1-14H,15H2,(H,27,30)/b26-14+. The normalized spacial score (nSPS) is 11.9. The third-order valence-electron chi connectivity index (χ3n) is 4.62. The van der Waals surface area contributed by atoms with Crippen molar-refractivity contribution < 1.29 is 31.3 Å². The monoisotopic (exact) mass is 506 g/mol. The summed E-state index contributed by atoms with van der Waals surface area (Å²) in [5, 5.41) is 15.0. The average molecular weight is 506 g/mol. The number of nitro groups is 1. The summed E-state index contributed by atoms with van der Waals surface area (Å²) in [4.78, 5) is 23.0. The van der Waals surface area contributed by atoms with Crippen LogP contribution in [0.4, 0.5) is 24.5 Å². The molecule has 0 bridgehead atoms. The van der Waals surface area contributed by atoms with Crippen LogP contribution in [-0.2, 0) is 21.0 Å². The van der Waals surface area contributed by atoms with Crippen molar-refractivity contribution in [3.63, 3.8) is 0 Å². The molecule has 0 aromatic heterocycles. The van der Waals surface area contributed by atoms with Crippen LogP contribution in [0, 0.1) is 10.1 Å². The topological polar surface area (TPSA) is 122 Å². The van der Waals surface area contributed by atoms with Gasteiger partial charge in [0.1, 0.15) is 12.2 Å². The number of anilines is 1. The number of halogens is 3. The highest BCUT2D eigenvalue weighted by atomic mass is 32.2. The molecule has 13 heteroatoms. The number of nitro benzene ring substituents is 1. The third-order valence-corrected chi connectivity index (χ3v) is 6.40. The van der Waals surface area contributed by atoms with Gasteiger partial charge in [0.05, 0.1) is 21.6 Å². The van der Waals surface area contributed by atoms with Gasteiger partial charge in [-0.25, -0.2) is 18.1 Å². The molecule has 0 saturated heterocycles. The van der Waals surface area contributed by atoms with Crippen molar-refractivity contribution in [1.29, 1.82) is 0 Å². The minimum Gasteiger partial charge on any atom is -0.271 e. The van der Waals surface area contributed by atoms with Gasteiger partial charge in [-0.1, -0.05) is 48.5 Å². The van der Waals surface area contributed by atoms with Gasteiger partial charge < -0.3 is 0 Å². The molecular formula is C22H17F3N4O5S. The number of para-hydroxylation sites is 2. The average Bonchev–Trinajstić information content (AvgIpc) is 2.82. The summed E-state index contributed by atoms with van der Waals surface area (Å²) < 4.78 is 66.4. The highest BCUT2D eigenvalue weighted by molar-refractivity contribution is 7.92. The molecule has 35 heavy (non-hydrogen) atoms. The highest BCUT2D eigenvalue weighted by Crippen LogP contribution is 2.32. The Hall–Kier alpha value is -4.26. The Morgan fingerprint density at radius 2 is 1.60 bits per heavy atom. The molecule has 0 atom stereocenters. The van der Waals surface area contributed by atoms with Crippen molar-refractivity contribution in [3.05, 3.63) is 100 Å². The van der Waals surface area contributed by atoms with Gasteiger partial charge in [-0.05, 0) is 24.3 Å². The van der Waals surface area contributed by atoms with E-state index in [-0.39, 0.29) is 16.1 Å². The number of hydrazone groups is 1. The predicted molar refractivity (Wildman–Crippen MR) is 121 cm³/mol. The molecule has 0 aliphatic carbocycles. The van der Waals surface area contributed by atoms with E-state index in [0.717, 1.165) is 30.5 Å². The zero-order valence-electron chi connectivity index (χ0n) is 17.7. The van der Waals surface area contributed by atoms with Crippen molar-refractivity contribution in [2.75, 3.05) is 10.8 Å². The second kappa shape index (κ2) is 10.3. The summed E-state index contributed by atoms with van der Waals surface area (Å²) in [5.41, 5.74) is -0.277. The van der Waals surface area contributed by atoms with Crippen LogP contribution in [0.3, 0.4) is 0 Å². The van der Waals surface area contributed by atoms with Crippen LogP contribution in [0.5, 0.6) is 0 Å². The number of carbonyl (C=O) groups is 1. The molecule has 0 spiro atoms. The summed E-state index contributed by atoms with van der Waals surface area (Å²) in [5.74, 6) is -1.04. The zero-order chi connectivity index (χ0) is 25.6. The van der Waals surface area contributed by atoms with E-state index in [0.29, 0.717) is 4.31 Å². The van der Waals surface area contributed by atoms with Crippen LogP contribution in [-0.4, -0.2) is 32.0 Å². The lowest BCUT2D eigenvalue weighted by Crippen LogP contribution is -2.39. The van der Waals surface area contributed by atoms with Gasteiger partial charge in [0.15, 0.2) is 0 Å². The maximum Gasteiger partial charge on any atom is 0.417 e. The van der Waals surface area contributed by atoms with Crippen molar-refractivity contribution in [2.24, 2.45) is 5.10 Å². The summed E-state index contributed by atoms with van der Waals surface area (Å²) in [7, 11) is -4.44. The molecule has 0 aliphatic heterocycles. The summed E-state index contributed by atoms with van der Waals surface area (Å²) in [6, 6.07) is 16.4. The molecule has 0 aliphatic rings. The quantitative estimate of drug-likeness (QED) is 0.282. The molecule has 0 saturated carbocycles. The number of sulfonamides is 1. The Kier molecular flexibility index (Phi) is 7.49. The maximum absolute atomic E-state index is 13.3. The fourth-order valence-corrected chi connectivity index (χ4v) is 4.51. The first-order chi connectivity index (χ1) is 16.5. The summed E-state index contributed by atoms with van der Waals surface area (Å²) in [6.45, 7) is -0.930. The van der Waals surface area contributed by atoms with Gasteiger partial charge >= 0.3 is 6.18 Å². The van der Waals surface area contributed by atoms with Gasteiger partial charge in [-0.3, -0.25) is 14.9 Å². The zero-order valence-corrected chi connectivity index (χ0v) is 18.5. The minimum absolute atomic E-state index is 0.228. The van der Waals surface area contributed by atoms with Crippen LogP contribution >= 0.6 is 0 Å². The van der Waals surface area contributed by atoms with Crippen molar-refractivity contribution >= 4 is 33.5 Å². The summed E-state index contributed by atoms with van der Waals surface area (Å²) >= 11 is 0. The molecule has 182 valence electrons. The maximum atomic E-state index is 13.3. The number of hydrogen-bond donors (Lipinski definition) is 1. The molecule has 3 aromatic rings. The van der Waals surface area contributed by atoms with E-state index >= 15 is 0 Å². The summed E-state index contributed by atoms with van der Waals surface area (Å²) in [6.07, 6.45) is -3.89. The third kappa shape index (κ3) is 6.00. The van der Waals surface area contributed by atoms with E-state index in [1.54, 1.807) is 6.07 Å². The lowest BCUT2D eigenvalue weighted by atomic mass is 10.1. The molecule has 0 fully saturated rings. The van der Waals surface area contributed by atoms with Gasteiger partial charge in [0, 0.05) is 11.6 Å². The van der Waals surface area contributed by atoms with E-state index in [2.05, 4.69) is 5.10 Å². The van der Waals surface area contributed by atoms with Crippen LogP contribution in [0.15, 0.2) is 88.9 Å². The number of benzene rings is 3. The number of rotatable bonds is 8. The molecule has 0 heterocycles. The van der Waals surface area contributed by atoms with Crippen molar-refractivity contribution in [1.82, 2.24) is 5.43 Å². The number of nitrogens with one attached hydrogen (secondary N) is 1. The molecule has 1 amide bonds. The second-order valence-corrected chi connectivity index (χ2v) is 8.81. The lowest BCUT2D eigenvalue weighted by Gasteiger charge is -2.23. The Bertz CT molecular complexity index is 1360. The lowest BCUT2D eigenvalue weighted by molar-refractivity contribution is -0.384. The number of carbonyl (C=O) groups excluding carboxylic acids is 1. The van der Waals surface area contributed by atoms with Crippen LogP contribution in [0.2, 0.25) is 0 Å². The molecule has 1 N–H and O–H groups in total. The molecule has 9 nitrogen and oxygen atoms in total. The second-order valence-electron chi connectivity index (χ2n) is 6.95. The number of nitrogens with zero attached hydrogens (tertiary/aromatic N) is 3. The number of alkyl halides is 3. The van der Waals surface area contributed by atoms with E-state index < -0.39 is 44.8 Å². The molecule has 3 aromatic carbocycles. The Balaban J connectivity index is 1.92. The number of hydrogen-bond acceptors (Lipinski definition) is 6. The molecule has 0 radical (unpaired) electrons. The van der Waals surface area contributed by atoms with Gasteiger partial charge in [-0.15, -0.1) is 0 Å². The van der Waals surface area contributed by atoms with Gasteiger partial charge in [0.25, 0.3) is 21.6 Å². The van der Waals surface area contributed by atoms with Crippen molar-refractivity contribution in [3.8, 4) is 0 Å². The van der Waals surface area contributed by atoms with Crippen LogP contribution < -0.4 is 9.73 Å². The first kappa shape index (κ1) is 25.4. The smallest absolute Gasteiger partial charge is 0.271 e. The van der Waals surface area contributed by atoms with E-state index in [1.165, 1.54) is 48.5 Å². The Morgan fingerprint density at radius 1 is 1.00 bits per heavy atom. The first-order valence-electron chi connectivity index (χ1n) is 9.81. The van der Waals surface area contributed by atoms with Gasteiger partial charge in [0.2, 0.25) is 0 Å². The van der Waals surface area contributed by atoms with Gasteiger partial charge in [-0.2, -0.15) is 18.3 Å². The van der Waals surface area contributed by atoms with Crippen LogP contribution in [0.1, 0.15) is 11.1 Å². The number of amides is 1. The van der Waals surface area contributed by atoms with E-state index in [4.69, 9.17) is 0 Å². The SMILES string of the molecule is O=C(CN(c1ccccc1[N+](=O)[O-])S(=O)(=O)c1ccccc1)N/N=C/c1ccccc1C(F)(F)F. The molecule has 0 unspecified atom stereocenters.